The van der Waals surface area contributed by atoms with Crippen molar-refractivity contribution in [1.29, 1.82) is 0 Å². The van der Waals surface area contributed by atoms with E-state index in [1.165, 1.54) is 17.7 Å². The maximum atomic E-state index is 11.9. The van der Waals surface area contributed by atoms with Crippen LogP contribution in [0.3, 0.4) is 0 Å². The molecule has 34 heavy (non-hydrogen) atoms. The second-order valence-corrected chi connectivity index (χ2v) is 9.05. The van der Waals surface area contributed by atoms with Crippen molar-refractivity contribution in [1.82, 2.24) is 15.2 Å². The number of carbonyl (C=O) groups is 2. The van der Waals surface area contributed by atoms with E-state index in [1.54, 1.807) is 0 Å². The number of unbranched alkanes of at least 4 members (excludes halogenated alkanes) is 1. The number of rotatable bonds is 10. The van der Waals surface area contributed by atoms with E-state index in [1.807, 2.05) is 36.4 Å². The van der Waals surface area contributed by atoms with Gasteiger partial charge in [-0.2, -0.15) is 0 Å². The van der Waals surface area contributed by atoms with Crippen LogP contribution in [-0.4, -0.2) is 59.1 Å². The Morgan fingerprint density at radius 1 is 1.06 bits per heavy atom. The number of amides is 1. The van der Waals surface area contributed by atoms with E-state index in [4.69, 9.17) is 10.1 Å². The van der Waals surface area contributed by atoms with Crippen LogP contribution in [0, 0.1) is 0 Å². The molecule has 2 aromatic rings. The van der Waals surface area contributed by atoms with Crippen molar-refractivity contribution < 1.29 is 14.7 Å². The largest absolute Gasteiger partial charge is 0.481 e. The molecule has 184 valence electrons. The number of benzene rings is 1. The summed E-state index contributed by atoms with van der Waals surface area (Å²) in [6.45, 7) is 3.98. The monoisotopic (exact) mass is 466 g/mol. The van der Waals surface area contributed by atoms with Crippen molar-refractivity contribution >= 4 is 17.7 Å². The van der Waals surface area contributed by atoms with Crippen LogP contribution in [0.4, 0.5) is 5.82 Å². The first-order valence-electron chi connectivity index (χ1n) is 12.6. The number of hydrogen-bond donors (Lipinski definition) is 3. The summed E-state index contributed by atoms with van der Waals surface area (Å²) < 4.78 is 0. The molecule has 1 aromatic carbocycles. The summed E-state index contributed by atoms with van der Waals surface area (Å²) in [6, 6.07) is 16.6. The third-order valence-electron chi connectivity index (χ3n) is 6.21. The molecule has 0 saturated carbocycles. The fourth-order valence-corrected chi connectivity index (χ4v) is 4.39. The minimum absolute atomic E-state index is 0.0276. The predicted molar refractivity (Wildman–Crippen MR) is 135 cm³/mol. The van der Waals surface area contributed by atoms with Crippen LogP contribution < -0.4 is 10.6 Å². The van der Waals surface area contributed by atoms with Crippen LogP contribution >= 0.6 is 0 Å². The van der Waals surface area contributed by atoms with E-state index in [0.29, 0.717) is 12.8 Å². The first kappa shape index (κ1) is 25.7. The van der Waals surface area contributed by atoms with E-state index in [-0.39, 0.29) is 18.4 Å². The number of carboxylic acid groups (broad SMARTS) is 1. The lowest BCUT2D eigenvalue weighted by atomic mass is 10.1. The molecule has 1 atom stereocenters. The number of likely N-dealkylation sites (tertiary alicyclic amines) is 1. The average molecular weight is 467 g/mol. The summed E-state index contributed by atoms with van der Waals surface area (Å²) in [5.74, 6) is 0.201. The van der Waals surface area contributed by atoms with Crippen LogP contribution in [0.5, 0.6) is 0 Å². The van der Waals surface area contributed by atoms with Crippen LogP contribution in [0.15, 0.2) is 48.5 Å². The summed E-state index contributed by atoms with van der Waals surface area (Å²) in [5.41, 5.74) is 2.50. The van der Waals surface area contributed by atoms with Crippen molar-refractivity contribution in [2.45, 2.75) is 63.8 Å². The van der Waals surface area contributed by atoms with E-state index in [2.05, 4.69) is 27.7 Å². The topological polar surface area (TPSA) is 94.6 Å². The fraction of sp³-hybridized carbons (Fsp3) is 0.519. The van der Waals surface area contributed by atoms with Gasteiger partial charge in [-0.1, -0.05) is 42.5 Å². The van der Waals surface area contributed by atoms with E-state index in [9.17, 15) is 9.59 Å². The fourth-order valence-electron chi connectivity index (χ4n) is 4.39. The summed E-state index contributed by atoms with van der Waals surface area (Å²) in [6.07, 6.45) is 7.30. The number of aromatic nitrogens is 1. The van der Waals surface area contributed by atoms with Crippen LogP contribution in [-0.2, 0) is 22.4 Å². The Bertz CT molecular complexity index is 864. The van der Waals surface area contributed by atoms with Gasteiger partial charge in [-0.05, 0) is 63.1 Å². The molecule has 7 nitrogen and oxygen atoms in total. The highest BCUT2D eigenvalue weighted by Gasteiger charge is 2.23. The van der Waals surface area contributed by atoms with Crippen molar-refractivity contribution in [2.24, 2.45) is 0 Å². The minimum atomic E-state index is -0.846. The summed E-state index contributed by atoms with van der Waals surface area (Å²) in [5, 5.41) is 15.1. The molecular formula is C27H38N4O3. The number of aliphatic carboxylic acids is 1. The second-order valence-electron chi connectivity index (χ2n) is 9.05. The molecule has 4 rings (SSSR count). The van der Waals surface area contributed by atoms with Gasteiger partial charge in [-0.3, -0.25) is 9.59 Å². The molecule has 2 aliphatic heterocycles. The molecular weight excluding hydrogens is 428 g/mol. The summed E-state index contributed by atoms with van der Waals surface area (Å²) in [4.78, 5) is 29.5. The molecule has 0 bridgehead atoms. The van der Waals surface area contributed by atoms with Gasteiger partial charge in [0.25, 0.3) is 0 Å². The number of aryl methyl sites for hydroxylation is 2. The van der Waals surface area contributed by atoms with Crippen LogP contribution in [0.1, 0.15) is 56.2 Å². The lowest BCUT2D eigenvalue weighted by Gasteiger charge is -2.18. The molecule has 0 radical (unpaired) electrons. The number of nitrogens with one attached hydrogen (secondary N) is 2. The molecule has 1 saturated heterocycles. The van der Waals surface area contributed by atoms with E-state index < -0.39 is 5.97 Å². The van der Waals surface area contributed by atoms with Crippen LogP contribution in [0.2, 0.25) is 0 Å². The van der Waals surface area contributed by atoms with E-state index in [0.717, 1.165) is 64.1 Å². The highest BCUT2D eigenvalue weighted by atomic mass is 16.4. The zero-order chi connectivity index (χ0) is 24.0. The van der Waals surface area contributed by atoms with Gasteiger partial charge in [0.05, 0.1) is 0 Å². The first-order chi connectivity index (χ1) is 16.6. The highest BCUT2D eigenvalue weighted by molar-refractivity contribution is 5.77. The van der Waals surface area contributed by atoms with Gasteiger partial charge < -0.3 is 20.6 Å². The number of carboxylic acids is 1. The molecule has 1 unspecified atom stereocenters. The predicted octanol–water partition coefficient (Wildman–Crippen LogP) is 3.89. The van der Waals surface area contributed by atoms with Gasteiger partial charge in [0.1, 0.15) is 5.82 Å². The SMILES string of the molecule is O=C(O)CCCC(=O)NC1CCN(CCCCc2ccc3c(n2)NCCC3)C1.c1ccccc1. The summed E-state index contributed by atoms with van der Waals surface area (Å²) >= 11 is 0. The number of anilines is 1. The Kier molecular flexibility index (Phi) is 10.8. The molecule has 3 N–H and O–H groups in total. The quantitative estimate of drug-likeness (QED) is 0.460. The first-order valence-corrected chi connectivity index (χ1v) is 12.6. The lowest BCUT2D eigenvalue weighted by Crippen LogP contribution is -2.37. The Labute approximate surface area is 203 Å². The number of hydrogen-bond acceptors (Lipinski definition) is 5. The van der Waals surface area contributed by atoms with Gasteiger partial charge in [-0.15, -0.1) is 0 Å². The third-order valence-corrected chi connectivity index (χ3v) is 6.21. The maximum absolute atomic E-state index is 11.9. The lowest BCUT2D eigenvalue weighted by molar-refractivity contribution is -0.137. The Hall–Kier alpha value is -2.93. The second kappa shape index (κ2) is 14.4. The zero-order valence-electron chi connectivity index (χ0n) is 20.0. The normalized spacial score (nSPS) is 17.1. The van der Waals surface area contributed by atoms with E-state index >= 15 is 0 Å². The van der Waals surface area contributed by atoms with Crippen molar-refractivity contribution in [3.8, 4) is 0 Å². The molecule has 1 amide bonds. The average Bonchev–Trinajstić information content (AvgIpc) is 3.30. The van der Waals surface area contributed by atoms with Gasteiger partial charge in [0.2, 0.25) is 5.91 Å². The molecule has 2 aliphatic rings. The maximum Gasteiger partial charge on any atom is 0.303 e. The van der Waals surface area contributed by atoms with Gasteiger partial charge >= 0.3 is 5.97 Å². The Balaban J connectivity index is 0.000000469. The third kappa shape index (κ3) is 9.51. The van der Waals surface area contributed by atoms with Crippen molar-refractivity contribution in [2.75, 3.05) is 31.5 Å². The zero-order valence-corrected chi connectivity index (χ0v) is 20.0. The number of fused-ring (bicyclic) bond motifs is 1. The smallest absolute Gasteiger partial charge is 0.303 e. The highest BCUT2D eigenvalue weighted by Crippen LogP contribution is 2.20. The molecule has 1 fully saturated rings. The van der Waals surface area contributed by atoms with Gasteiger partial charge in [-0.25, -0.2) is 4.98 Å². The molecule has 0 spiro atoms. The van der Waals surface area contributed by atoms with Gasteiger partial charge in [0, 0.05) is 44.2 Å². The molecule has 7 heteroatoms. The number of pyridine rings is 1. The van der Waals surface area contributed by atoms with Crippen LogP contribution in [0.25, 0.3) is 0 Å². The summed E-state index contributed by atoms with van der Waals surface area (Å²) in [7, 11) is 0. The molecule has 0 aliphatic carbocycles. The number of carbonyl (C=O) groups excluding carboxylic acids is 1. The molecule has 3 heterocycles. The van der Waals surface area contributed by atoms with Crippen molar-refractivity contribution in [3.63, 3.8) is 0 Å². The standard InChI is InChI=1S/C21H32N4O3.C6H6/c26-19(7-3-8-20(27)28)23-18-11-14-25(15-18)13-2-1-6-17-10-9-16-5-4-12-22-21(16)24-17;1-2-4-6-5-3-1/h9-10,18H,1-8,11-15H2,(H,22,24)(H,23,26)(H,27,28);1-6H. The van der Waals surface area contributed by atoms with Crippen molar-refractivity contribution in [3.05, 3.63) is 59.8 Å². The van der Waals surface area contributed by atoms with Gasteiger partial charge in [0.15, 0.2) is 0 Å². The Morgan fingerprint density at radius 3 is 2.56 bits per heavy atom. The molecule has 1 aromatic heterocycles. The number of nitrogens with zero attached hydrogens (tertiary/aromatic N) is 2. The Morgan fingerprint density at radius 2 is 1.82 bits per heavy atom. The minimum Gasteiger partial charge on any atom is -0.481 e.